The molecule has 1 saturated carbocycles. The Balaban J connectivity index is 2.19. The largest absolute Gasteiger partial charge is 0.335 e. The van der Waals surface area contributed by atoms with E-state index in [0.717, 1.165) is 33.6 Å². The van der Waals surface area contributed by atoms with E-state index in [1.807, 2.05) is 17.9 Å². The van der Waals surface area contributed by atoms with Gasteiger partial charge in [-0.2, -0.15) is 0 Å². The highest BCUT2D eigenvalue weighted by Crippen LogP contribution is 2.33. The van der Waals surface area contributed by atoms with Crippen LogP contribution in [0.3, 0.4) is 0 Å². The van der Waals surface area contributed by atoms with Gasteiger partial charge in [-0.15, -0.1) is 11.3 Å². The Morgan fingerprint density at radius 2 is 2.32 bits per heavy atom. The lowest BCUT2D eigenvalue weighted by Gasteiger charge is -2.31. The number of carbonyl (C=O) groups excluding carboxylic acids is 1. The van der Waals surface area contributed by atoms with Gasteiger partial charge in [-0.3, -0.25) is 4.79 Å². The molecule has 2 atom stereocenters. The van der Waals surface area contributed by atoms with Crippen molar-refractivity contribution in [1.82, 2.24) is 4.90 Å². The maximum absolute atomic E-state index is 12.7. The van der Waals surface area contributed by atoms with Gasteiger partial charge in [0.15, 0.2) is 0 Å². The monoisotopic (exact) mass is 344 g/mol. The molecule has 1 heterocycles. The number of halogens is 1. The number of amides is 1. The van der Waals surface area contributed by atoms with Crippen molar-refractivity contribution >= 4 is 33.2 Å². The molecular weight excluding hydrogens is 324 g/mol. The Kier molecular flexibility index (Phi) is 5.03. The van der Waals surface area contributed by atoms with Gasteiger partial charge >= 0.3 is 0 Å². The highest BCUT2D eigenvalue weighted by atomic mass is 79.9. The van der Waals surface area contributed by atoms with E-state index in [9.17, 15) is 4.79 Å². The summed E-state index contributed by atoms with van der Waals surface area (Å²) in [6, 6.07) is 2.30. The van der Waals surface area contributed by atoms with Crippen molar-refractivity contribution in [3.8, 4) is 0 Å². The first-order chi connectivity index (χ1) is 9.08. The predicted molar refractivity (Wildman–Crippen MR) is 83.6 cm³/mol. The van der Waals surface area contributed by atoms with Crippen molar-refractivity contribution in [2.24, 2.45) is 11.7 Å². The Hall–Kier alpha value is -0.390. The number of hydrogen-bond acceptors (Lipinski definition) is 3. The summed E-state index contributed by atoms with van der Waals surface area (Å²) >= 11 is 5.02. The van der Waals surface area contributed by atoms with Gasteiger partial charge in [0.25, 0.3) is 5.91 Å². The van der Waals surface area contributed by atoms with Gasteiger partial charge in [-0.1, -0.05) is 6.42 Å². The summed E-state index contributed by atoms with van der Waals surface area (Å²) < 4.78 is 1.05. The van der Waals surface area contributed by atoms with E-state index < -0.39 is 0 Å². The van der Waals surface area contributed by atoms with Crippen LogP contribution in [0.4, 0.5) is 0 Å². The molecule has 0 radical (unpaired) electrons. The quantitative estimate of drug-likeness (QED) is 0.909. The van der Waals surface area contributed by atoms with Crippen molar-refractivity contribution in [3.05, 3.63) is 20.3 Å². The second-order valence-electron chi connectivity index (χ2n) is 5.15. The van der Waals surface area contributed by atoms with E-state index in [2.05, 4.69) is 22.9 Å². The number of nitrogens with zero attached hydrogens (tertiary/aromatic N) is 1. The molecule has 19 heavy (non-hydrogen) atoms. The lowest BCUT2D eigenvalue weighted by molar-refractivity contribution is 0.0657. The van der Waals surface area contributed by atoms with E-state index in [1.54, 1.807) is 0 Å². The second kappa shape index (κ2) is 6.37. The fourth-order valence-electron chi connectivity index (χ4n) is 2.94. The zero-order chi connectivity index (χ0) is 14.0. The minimum Gasteiger partial charge on any atom is -0.335 e. The molecule has 1 amide bonds. The molecule has 5 heteroatoms. The smallest absolute Gasteiger partial charge is 0.264 e. The van der Waals surface area contributed by atoms with E-state index >= 15 is 0 Å². The van der Waals surface area contributed by atoms with Gasteiger partial charge in [0.05, 0.1) is 8.66 Å². The molecule has 1 aromatic rings. The molecule has 0 bridgehead atoms. The Labute approximate surface area is 127 Å². The van der Waals surface area contributed by atoms with E-state index in [0.29, 0.717) is 18.5 Å². The number of nitrogens with two attached hydrogens (primary N) is 1. The van der Waals surface area contributed by atoms with Crippen molar-refractivity contribution in [1.29, 1.82) is 0 Å². The fourth-order valence-corrected chi connectivity index (χ4v) is 4.43. The van der Waals surface area contributed by atoms with E-state index in [1.165, 1.54) is 17.8 Å². The number of carbonyl (C=O) groups is 1. The molecule has 0 aliphatic heterocycles. The van der Waals surface area contributed by atoms with Crippen molar-refractivity contribution in [2.45, 2.75) is 39.2 Å². The van der Waals surface area contributed by atoms with Crippen LogP contribution in [0.25, 0.3) is 0 Å². The van der Waals surface area contributed by atoms with Crippen molar-refractivity contribution < 1.29 is 4.79 Å². The maximum atomic E-state index is 12.7. The number of rotatable bonds is 4. The van der Waals surface area contributed by atoms with Gasteiger partial charge < -0.3 is 10.6 Å². The molecule has 2 N–H and O–H groups in total. The van der Waals surface area contributed by atoms with Gasteiger partial charge in [0.1, 0.15) is 0 Å². The Morgan fingerprint density at radius 3 is 2.84 bits per heavy atom. The van der Waals surface area contributed by atoms with Gasteiger partial charge in [-0.25, -0.2) is 0 Å². The van der Waals surface area contributed by atoms with E-state index in [-0.39, 0.29) is 5.91 Å². The normalized spacial score (nSPS) is 22.7. The van der Waals surface area contributed by atoms with Crippen LogP contribution in [0.2, 0.25) is 0 Å². The minimum atomic E-state index is 0.159. The van der Waals surface area contributed by atoms with Crippen LogP contribution < -0.4 is 5.73 Å². The summed E-state index contributed by atoms with van der Waals surface area (Å²) in [5, 5.41) is 0. The summed E-state index contributed by atoms with van der Waals surface area (Å²) in [5.74, 6) is 0.625. The van der Waals surface area contributed by atoms with Crippen LogP contribution >= 0.6 is 27.3 Å². The van der Waals surface area contributed by atoms with Crippen LogP contribution in [0, 0.1) is 12.8 Å². The standard InChI is InChI=1S/C14H21BrN2OS/c1-3-17(11-6-4-5-10(11)8-16)14(18)12-7-9(2)13(15)19-12/h7,10-11H,3-6,8,16H2,1-2H3. The molecule has 1 aliphatic rings. The molecule has 0 aromatic carbocycles. The molecule has 1 fully saturated rings. The third-order valence-electron chi connectivity index (χ3n) is 3.99. The molecule has 0 spiro atoms. The SMILES string of the molecule is CCN(C(=O)c1cc(C)c(Br)s1)C1CCCC1CN. The van der Waals surface area contributed by atoms with Crippen molar-refractivity contribution in [2.75, 3.05) is 13.1 Å². The molecule has 2 unspecified atom stereocenters. The highest BCUT2D eigenvalue weighted by molar-refractivity contribution is 9.11. The first kappa shape index (κ1) is 15.0. The molecule has 3 nitrogen and oxygen atoms in total. The Bertz CT molecular complexity index is 441. The predicted octanol–water partition coefficient (Wildman–Crippen LogP) is 3.41. The maximum Gasteiger partial charge on any atom is 0.264 e. The van der Waals surface area contributed by atoms with Crippen molar-refractivity contribution in [3.63, 3.8) is 0 Å². The van der Waals surface area contributed by atoms with E-state index in [4.69, 9.17) is 5.73 Å². The average molecular weight is 345 g/mol. The molecule has 0 saturated heterocycles. The summed E-state index contributed by atoms with van der Waals surface area (Å²) in [5.41, 5.74) is 6.97. The first-order valence-corrected chi connectivity index (χ1v) is 8.46. The van der Waals surface area contributed by atoms with Crippen LogP contribution in [0.15, 0.2) is 9.85 Å². The summed E-state index contributed by atoms with van der Waals surface area (Å²) in [6.07, 6.45) is 3.43. The average Bonchev–Trinajstić information content (AvgIpc) is 2.98. The molecule has 1 aliphatic carbocycles. The third kappa shape index (κ3) is 3.03. The number of aryl methyl sites for hydroxylation is 1. The molecule has 2 rings (SSSR count). The lowest BCUT2D eigenvalue weighted by atomic mass is 10.0. The zero-order valence-electron chi connectivity index (χ0n) is 11.5. The molecule has 1 aromatic heterocycles. The second-order valence-corrected chi connectivity index (χ2v) is 7.52. The molecular formula is C14H21BrN2OS. The first-order valence-electron chi connectivity index (χ1n) is 6.85. The molecule has 106 valence electrons. The summed E-state index contributed by atoms with van der Waals surface area (Å²) in [7, 11) is 0. The van der Waals surface area contributed by atoms with Crippen LogP contribution in [0.5, 0.6) is 0 Å². The minimum absolute atomic E-state index is 0.159. The number of hydrogen-bond donors (Lipinski definition) is 1. The van der Waals surface area contributed by atoms with Gasteiger partial charge in [-0.05, 0) is 66.7 Å². The van der Waals surface area contributed by atoms with Crippen LogP contribution in [0.1, 0.15) is 41.4 Å². The van der Waals surface area contributed by atoms with Gasteiger partial charge in [0, 0.05) is 12.6 Å². The van der Waals surface area contributed by atoms with Crippen LogP contribution in [-0.4, -0.2) is 29.9 Å². The Morgan fingerprint density at radius 1 is 1.58 bits per heavy atom. The topological polar surface area (TPSA) is 46.3 Å². The van der Waals surface area contributed by atoms with Gasteiger partial charge in [0.2, 0.25) is 0 Å². The van der Waals surface area contributed by atoms with Crippen LogP contribution in [-0.2, 0) is 0 Å². The fraction of sp³-hybridized carbons (Fsp3) is 0.643. The third-order valence-corrected chi connectivity index (χ3v) is 6.12. The zero-order valence-corrected chi connectivity index (χ0v) is 13.9. The highest BCUT2D eigenvalue weighted by Gasteiger charge is 2.33. The summed E-state index contributed by atoms with van der Waals surface area (Å²) in [6.45, 7) is 5.52. The number of thiophene rings is 1. The summed E-state index contributed by atoms with van der Waals surface area (Å²) in [4.78, 5) is 15.5. The lowest BCUT2D eigenvalue weighted by Crippen LogP contribution is -2.43.